The molecule has 0 bridgehead atoms. The quantitative estimate of drug-likeness (QED) is 0.204. The first kappa shape index (κ1) is 28.8. The Hall–Kier alpha value is -2.72. The number of halogens is 5. The fraction of sp³-hybridized carbons (Fsp3) is 0.381. The molecule has 37 heavy (non-hydrogen) atoms. The molecule has 0 saturated heterocycles. The lowest BCUT2D eigenvalue weighted by Crippen LogP contribution is -2.36. The summed E-state index contributed by atoms with van der Waals surface area (Å²) in [6, 6.07) is 5.21. The van der Waals surface area contributed by atoms with Crippen LogP contribution in [0.2, 0.25) is 0 Å². The molecule has 3 rings (SSSR count). The zero-order valence-electron chi connectivity index (χ0n) is 19.6. The summed E-state index contributed by atoms with van der Waals surface area (Å²) >= 11 is 2.06. The summed E-state index contributed by atoms with van der Waals surface area (Å²) in [4.78, 5) is 28.0. The van der Waals surface area contributed by atoms with Crippen molar-refractivity contribution in [3.8, 4) is 5.69 Å². The van der Waals surface area contributed by atoms with Crippen LogP contribution in [0.15, 0.2) is 38.2 Å². The third kappa shape index (κ3) is 6.41. The minimum absolute atomic E-state index is 0.0733. The van der Waals surface area contributed by atoms with Crippen molar-refractivity contribution < 1.29 is 35.2 Å². The van der Waals surface area contributed by atoms with Crippen molar-refractivity contribution in [3.05, 3.63) is 45.3 Å². The van der Waals surface area contributed by atoms with E-state index in [1.807, 2.05) is 0 Å². The molecule has 1 aromatic carbocycles. The van der Waals surface area contributed by atoms with Gasteiger partial charge in [0, 0.05) is 29.6 Å². The Balaban J connectivity index is 1.90. The molecular weight excluding hydrogens is 563 g/mol. The van der Waals surface area contributed by atoms with Gasteiger partial charge in [-0.25, -0.2) is 13.2 Å². The summed E-state index contributed by atoms with van der Waals surface area (Å²) < 4.78 is 93.5. The Bertz CT molecular complexity index is 1430. The van der Waals surface area contributed by atoms with Crippen molar-refractivity contribution in [1.82, 2.24) is 9.55 Å². The number of thioether (sulfide) groups is 1. The Morgan fingerprint density at radius 2 is 1.76 bits per heavy atom. The number of rotatable bonds is 9. The van der Waals surface area contributed by atoms with Crippen LogP contribution in [0.3, 0.4) is 0 Å². The highest BCUT2D eigenvalue weighted by Gasteiger charge is 2.56. The van der Waals surface area contributed by atoms with Crippen LogP contribution >= 0.6 is 23.1 Å². The van der Waals surface area contributed by atoms with Crippen LogP contribution in [0.25, 0.3) is 5.69 Å². The highest BCUT2D eigenvalue weighted by atomic mass is 32.2. The summed E-state index contributed by atoms with van der Waals surface area (Å²) in [5.41, 5.74) is 0.121. The predicted molar refractivity (Wildman–Crippen MR) is 131 cm³/mol. The minimum Gasteiger partial charge on any atom is -0.326 e. The summed E-state index contributed by atoms with van der Waals surface area (Å²) in [5.74, 6) is -5.63. The number of amides is 1. The third-order valence-corrected chi connectivity index (χ3v) is 9.02. The van der Waals surface area contributed by atoms with E-state index < -0.39 is 40.7 Å². The molecule has 1 amide bonds. The lowest BCUT2D eigenvalue weighted by Gasteiger charge is -2.19. The number of aromatic nitrogens is 2. The number of aryl methyl sites for hydroxylation is 1. The van der Waals surface area contributed by atoms with Crippen molar-refractivity contribution in [2.24, 2.45) is 0 Å². The van der Waals surface area contributed by atoms with Crippen molar-refractivity contribution in [2.75, 3.05) is 15.8 Å². The van der Waals surface area contributed by atoms with E-state index in [0.717, 1.165) is 27.7 Å². The first-order chi connectivity index (χ1) is 17.0. The van der Waals surface area contributed by atoms with E-state index in [1.54, 1.807) is 13.8 Å². The zero-order valence-corrected chi connectivity index (χ0v) is 22.0. The molecule has 202 valence electrons. The van der Waals surface area contributed by atoms with Crippen LogP contribution in [0.5, 0.6) is 0 Å². The smallest absolute Gasteiger partial charge is 0.326 e. The maximum absolute atomic E-state index is 13.2. The van der Waals surface area contributed by atoms with E-state index in [-0.39, 0.29) is 28.1 Å². The van der Waals surface area contributed by atoms with Gasteiger partial charge in [-0.05, 0) is 50.3 Å². The van der Waals surface area contributed by atoms with Crippen LogP contribution in [0.1, 0.15) is 30.3 Å². The predicted octanol–water partition coefficient (Wildman–Crippen LogP) is 5.18. The van der Waals surface area contributed by atoms with Crippen molar-refractivity contribution >= 4 is 50.5 Å². The van der Waals surface area contributed by atoms with Gasteiger partial charge in [-0.1, -0.05) is 0 Å². The van der Waals surface area contributed by atoms with Gasteiger partial charge in [0.15, 0.2) is 5.82 Å². The van der Waals surface area contributed by atoms with Crippen LogP contribution in [-0.2, 0) is 14.8 Å². The van der Waals surface area contributed by atoms with Gasteiger partial charge in [0.2, 0.25) is 5.91 Å². The van der Waals surface area contributed by atoms with Crippen LogP contribution in [-0.4, -0.2) is 41.7 Å². The zero-order chi connectivity index (χ0) is 27.8. The Labute approximate surface area is 216 Å². The molecule has 0 aliphatic carbocycles. The van der Waals surface area contributed by atoms with Gasteiger partial charge in [-0.15, -0.1) is 23.1 Å². The molecule has 2 aliphatic heterocycles. The molecule has 0 aromatic heterocycles. The number of imidazole rings is 1. The highest BCUT2D eigenvalue weighted by molar-refractivity contribution is 8.01. The molecule has 0 spiro atoms. The summed E-state index contributed by atoms with van der Waals surface area (Å²) in [6.07, 6.45) is -7.54. The molecule has 8 nitrogen and oxygen atoms in total. The Kier molecular flexibility index (Phi) is 8.24. The molecule has 2 heterocycles. The van der Waals surface area contributed by atoms with Crippen molar-refractivity contribution in [2.45, 2.75) is 54.8 Å². The monoisotopic (exact) mass is 584 g/mol. The van der Waals surface area contributed by atoms with Gasteiger partial charge < -0.3 is 5.32 Å². The third-order valence-electron chi connectivity index (χ3n) is 5.13. The van der Waals surface area contributed by atoms with E-state index >= 15 is 0 Å². The van der Waals surface area contributed by atoms with E-state index in [1.165, 1.54) is 31.2 Å². The molecule has 16 heteroatoms. The second kappa shape index (κ2) is 10.6. The topological polar surface area (TPSA) is 110 Å². The molecule has 0 saturated carbocycles. The number of alkyl halides is 5. The normalized spacial score (nSPS) is 12.6. The highest BCUT2D eigenvalue weighted by Crippen LogP contribution is 2.41. The molecule has 0 fully saturated rings. The second-order valence-corrected chi connectivity index (χ2v) is 12.2. The molecule has 2 aliphatic rings. The number of nitrogens with zero attached hydrogens (tertiary/aromatic N) is 2. The van der Waals surface area contributed by atoms with E-state index in [4.69, 9.17) is 0 Å². The van der Waals surface area contributed by atoms with E-state index in [0.29, 0.717) is 20.5 Å². The summed E-state index contributed by atoms with van der Waals surface area (Å²) in [6.45, 7) is 4.58. The fourth-order valence-electron chi connectivity index (χ4n) is 3.19. The molecule has 0 radical (unpaired) electrons. The summed E-state index contributed by atoms with van der Waals surface area (Å²) in [5, 5.41) is 2.50. The Morgan fingerprint density at radius 1 is 1.14 bits per heavy atom. The number of nitrogens with one attached hydrogen (secondary N) is 2. The van der Waals surface area contributed by atoms with Gasteiger partial charge in [0.25, 0.3) is 10.0 Å². The number of hydrogen-bond acceptors (Lipinski definition) is 7. The number of sulfonamides is 1. The van der Waals surface area contributed by atoms with Gasteiger partial charge in [-0.2, -0.15) is 26.9 Å². The van der Waals surface area contributed by atoms with Gasteiger partial charge in [0.05, 0.1) is 9.10 Å². The van der Waals surface area contributed by atoms with Crippen molar-refractivity contribution in [1.29, 1.82) is 0 Å². The molecule has 0 unspecified atom stereocenters. The maximum atomic E-state index is 13.2. The molecular formula is C21H21F5N4O4S3. The van der Waals surface area contributed by atoms with Crippen molar-refractivity contribution in [3.63, 3.8) is 0 Å². The molecule has 2 N–H and O–H groups in total. The number of hydrogen-bond donors (Lipinski definition) is 2. The maximum Gasteiger partial charge on any atom is 0.453 e. The average Bonchev–Trinajstić information content (AvgIpc) is 3.09. The van der Waals surface area contributed by atoms with Gasteiger partial charge in [0.1, 0.15) is 5.69 Å². The first-order valence-electron chi connectivity index (χ1n) is 10.5. The SMILES string of the molecule is CC(=O)Nc1ccc(S(=O)(=O)Nc2nc(=O)n3c(C)c(C)sc(SCCCC(F)(F)C(F)(F)F)c2-3)cc1. The fourth-order valence-corrected chi connectivity index (χ4v) is 6.66. The number of carbonyl (C=O) groups is 1. The number of anilines is 2. The standard InChI is InChI=1S/C21H21F5N4O4S3/c1-11-12(2)36-18(35-10-4-9-20(22,23)21(24,25)26)16-17(28-19(32)30(11)16)29-37(33,34)15-7-5-14(6-8-15)27-13(3)31/h5-8H,4,9-10H2,1-3H3,(H,27,31)(H,28,29,32). The van der Waals surface area contributed by atoms with E-state index in [9.17, 15) is 40.0 Å². The van der Waals surface area contributed by atoms with Gasteiger partial charge in [-0.3, -0.25) is 14.1 Å². The summed E-state index contributed by atoms with van der Waals surface area (Å²) in [7, 11) is -4.24. The molecule has 1 aromatic rings. The minimum atomic E-state index is -5.65. The first-order valence-corrected chi connectivity index (χ1v) is 13.8. The van der Waals surface area contributed by atoms with Crippen LogP contribution in [0, 0.1) is 13.8 Å². The second-order valence-electron chi connectivity index (χ2n) is 7.92. The Morgan fingerprint density at radius 3 is 2.32 bits per heavy atom. The van der Waals surface area contributed by atoms with Gasteiger partial charge >= 0.3 is 17.8 Å². The number of carbonyl (C=O) groups excluding carboxylic acids is 1. The average molecular weight is 585 g/mol. The largest absolute Gasteiger partial charge is 0.453 e. The number of benzene rings is 1. The van der Waals surface area contributed by atoms with E-state index in [2.05, 4.69) is 15.0 Å². The van der Waals surface area contributed by atoms with Crippen LogP contribution in [0.4, 0.5) is 33.5 Å². The molecule has 0 atom stereocenters. The lowest BCUT2D eigenvalue weighted by atomic mass is 10.2. The lowest BCUT2D eigenvalue weighted by molar-refractivity contribution is -0.284. The number of fused-ring (bicyclic) bond motifs is 1. The van der Waals surface area contributed by atoms with Crippen LogP contribution < -0.4 is 15.7 Å².